The summed E-state index contributed by atoms with van der Waals surface area (Å²) in [5, 5.41) is 6.05. The molecule has 0 bridgehead atoms. The minimum Gasteiger partial charge on any atom is -0.380 e. The Bertz CT molecular complexity index is 712. The van der Waals surface area contributed by atoms with Crippen LogP contribution in [-0.4, -0.2) is 36.6 Å². The van der Waals surface area contributed by atoms with Crippen LogP contribution >= 0.6 is 0 Å². The van der Waals surface area contributed by atoms with Crippen molar-refractivity contribution in [2.45, 2.75) is 25.8 Å². The lowest BCUT2D eigenvalue weighted by Crippen LogP contribution is -2.39. The zero-order chi connectivity index (χ0) is 17.6. The lowest BCUT2D eigenvalue weighted by atomic mass is 10.0. The first-order valence-electron chi connectivity index (χ1n) is 8.67. The summed E-state index contributed by atoms with van der Waals surface area (Å²) in [6.45, 7) is 4.18. The van der Waals surface area contributed by atoms with Crippen molar-refractivity contribution in [2.75, 3.05) is 29.9 Å². The molecule has 1 amide bonds. The van der Waals surface area contributed by atoms with Crippen LogP contribution in [0.4, 0.5) is 15.9 Å². The molecule has 132 valence electrons. The number of carbonyl (C=O) groups excluding carboxylic acids is 1. The molecule has 1 aliphatic heterocycles. The van der Waals surface area contributed by atoms with Crippen LogP contribution in [0.5, 0.6) is 0 Å². The summed E-state index contributed by atoms with van der Waals surface area (Å²) < 4.78 is 13.7. The zero-order valence-corrected chi connectivity index (χ0v) is 14.3. The summed E-state index contributed by atoms with van der Waals surface area (Å²) in [6.07, 6.45) is 3.44. The van der Waals surface area contributed by atoms with Gasteiger partial charge in [0.05, 0.1) is 11.3 Å². The van der Waals surface area contributed by atoms with E-state index in [0.717, 1.165) is 31.7 Å². The Morgan fingerprint density at radius 2 is 2.00 bits per heavy atom. The van der Waals surface area contributed by atoms with E-state index in [1.165, 1.54) is 6.07 Å². The molecule has 0 spiro atoms. The van der Waals surface area contributed by atoms with Crippen LogP contribution in [0.3, 0.4) is 0 Å². The summed E-state index contributed by atoms with van der Waals surface area (Å²) in [4.78, 5) is 18.4. The summed E-state index contributed by atoms with van der Waals surface area (Å²) in [5.41, 5.74) is 1.13. The van der Waals surface area contributed by atoms with E-state index >= 15 is 0 Å². The summed E-state index contributed by atoms with van der Waals surface area (Å²) in [7, 11) is 0. The summed E-state index contributed by atoms with van der Waals surface area (Å²) in [6, 6.07) is 10.7. The molecule has 2 N–H and O–H groups in total. The smallest absolute Gasteiger partial charge is 0.252 e. The SMILES string of the molecule is CCNC(=O)c1ccc(N2CCC(Nc3ccccc3F)CC2)nc1. The maximum atomic E-state index is 13.7. The number of carbonyl (C=O) groups is 1. The highest BCUT2D eigenvalue weighted by Crippen LogP contribution is 2.22. The molecular formula is C19H23FN4O. The first kappa shape index (κ1) is 17.2. The second kappa shape index (κ2) is 7.96. The monoisotopic (exact) mass is 342 g/mol. The van der Waals surface area contributed by atoms with E-state index in [1.54, 1.807) is 24.4 Å². The lowest BCUT2D eigenvalue weighted by Gasteiger charge is -2.33. The van der Waals surface area contributed by atoms with E-state index in [4.69, 9.17) is 0 Å². The van der Waals surface area contributed by atoms with E-state index in [0.29, 0.717) is 17.8 Å². The topological polar surface area (TPSA) is 57.3 Å². The Labute approximate surface area is 147 Å². The molecule has 0 aliphatic carbocycles. The number of para-hydroxylation sites is 1. The van der Waals surface area contributed by atoms with Gasteiger partial charge in [0.15, 0.2) is 0 Å². The molecule has 1 saturated heterocycles. The van der Waals surface area contributed by atoms with E-state index in [-0.39, 0.29) is 17.8 Å². The highest BCUT2D eigenvalue weighted by molar-refractivity contribution is 5.94. The van der Waals surface area contributed by atoms with Crippen LogP contribution < -0.4 is 15.5 Å². The Hall–Kier alpha value is -2.63. The number of halogens is 1. The number of pyridine rings is 1. The largest absolute Gasteiger partial charge is 0.380 e. The Morgan fingerprint density at radius 1 is 1.24 bits per heavy atom. The molecule has 1 fully saturated rings. The van der Waals surface area contributed by atoms with E-state index < -0.39 is 0 Å². The standard InChI is InChI=1S/C19H23FN4O/c1-2-21-19(25)14-7-8-18(22-13-14)24-11-9-15(10-12-24)23-17-6-4-3-5-16(17)20/h3-8,13,15,23H,2,9-12H2,1H3,(H,21,25). The van der Waals surface area contributed by atoms with E-state index in [2.05, 4.69) is 20.5 Å². The number of nitrogens with zero attached hydrogens (tertiary/aromatic N) is 2. The normalized spacial score (nSPS) is 15.0. The molecule has 25 heavy (non-hydrogen) atoms. The van der Waals surface area contributed by atoms with Crippen LogP contribution in [0.15, 0.2) is 42.6 Å². The maximum Gasteiger partial charge on any atom is 0.252 e. The van der Waals surface area contributed by atoms with Crippen molar-refractivity contribution in [3.8, 4) is 0 Å². The Morgan fingerprint density at radius 3 is 2.64 bits per heavy atom. The zero-order valence-electron chi connectivity index (χ0n) is 14.3. The summed E-state index contributed by atoms with van der Waals surface area (Å²) in [5.74, 6) is 0.555. The van der Waals surface area contributed by atoms with Crippen molar-refractivity contribution >= 4 is 17.4 Å². The maximum absolute atomic E-state index is 13.7. The Kier molecular flexibility index (Phi) is 5.48. The molecule has 0 unspecified atom stereocenters. The minimum atomic E-state index is -0.215. The number of amides is 1. The molecule has 0 radical (unpaired) electrons. The number of nitrogens with one attached hydrogen (secondary N) is 2. The molecule has 1 aromatic heterocycles. The van der Waals surface area contributed by atoms with Crippen LogP contribution in [0, 0.1) is 5.82 Å². The second-order valence-electron chi connectivity index (χ2n) is 6.15. The third-order valence-electron chi connectivity index (χ3n) is 4.40. The predicted octanol–water partition coefficient (Wildman–Crippen LogP) is 3.05. The quantitative estimate of drug-likeness (QED) is 0.877. The fraction of sp³-hybridized carbons (Fsp3) is 0.368. The minimum absolute atomic E-state index is 0.102. The van der Waals surface area contributed by atoms with Gasteiger partial charge in [0.25, 0.3) is 5.91 Å². The molecule has 6 heteroatoms. The number of aromatic nitrogens is 1. The van der Waals surface area contributed by atoms with Crippen molar-refractivity contribution in [3.05, 3.63) is 54.0 Å². The van der Waals surface area contributed by atoms with Gasteiger partial charge in [-0.05, 0) is 44.0 Å². The third kappa shape index (κ3) is 4.26. The molecular weight excluding hydrogens is 319 g/mol. The van der Waals surface area contributed by atoms with Gasteiger partial charge in [0.2, 0.25) is 0 Å². The average Bonchev–Trinajstić information content (AvgIpc) is 2.65. The summed E-state index contributed by atoms with van der Waals surface area (Å²) >= 11 is 0. The van der Waals surface area contributed by atoms with Crippen molar-refractivity contribution in [2.24, 2.45) is 0 Å². The Balaban J connectivity index is 1.55. The third-order valence-corrected chi connectivity index (χ3v) is 4.40. The van der Waals surface area contributed by atoms with Gasteiger partial charge in [0, 0.05) is 31.9 Å². The van der Waals surface area contributed by atoms with Crippen LogP contribution in [0.2, 0.25) is 0 Å². The first-order valence-corrected chi connectivity index (χ1v) is 8.67. The molecule has 3 rings (SSSR count). The van der Waals surface area contributed by atoms with Crippen LogP contribution in [0.25, 0.3) is 0 Å². The molecule has 0 atom stereocenters. The number of hydrogen-bond acceptors (Lipinski definition) is 4. The lowest BCUT2D eigenvalue weighted by molar-refractivity contribution is 0.0955. The van der Waals surface area contributed by atoms with Gasteiger partial charge in [0.1, 0.15) is 11.6 Å². The number of anilines is 2. The molecule has 1 aliphatic rings. The molecule has 1 aromatic carbocycles. The number of benzene rings is 1. The van der Waals surface area contributed by atoms with Gasteiger partial charge < -0.3 is 15.5 Å². The second-order valence-corrected chi connectivity index (χ2v) is 6.15. The number of hydrogen-bond donors (Lipinski definition) is 2. The first-order chi connectivity index (χ1) is 12.2. The van der Waals surface area contributed by atoms with Crippen molar-refractivity contribution in [1.29, 1.82) is 0 Å². The van der Waals surface area contributed by atoms with Gasteiger partial charge in [-0.25, -0.2) is 9.37 Å². The van der Waals surface area contributed by atoms with Gasteiger partial charge in [-0.2, -0.15) is 0 Å². The van der Waals surface area contributed by atoms with E-state index in [1.807, 2.05) is 19.1 Å². The molecule has 2 heterocycles. The van der Waals surface area contributed by atoms with Gasteiger partial charge >= 0.3 is 0 Å². The molecule has 0 saturated carbocycles. The highest BCUT2D eigenvalue weighted by atomic mass is 19.1. The van der Waals surface area contributed by atoms with Gasteiger partial charge in [-0.3, -0.25) is 4.79 Å². The highest BCUT2D eigenvalue weighted by Gasteiger charge is 2.21. The van der Waals surface area contributed by atoms with Gasteiger partial charge in [-0.15, -0.1) is 0 Å². The van der Waals surface area contributed by atoms with Crippen LogP contribution in [-0.2, 0) is 0 Å². The molecule has 2 aromatic rings. The fourth-order valence-corrected chi connectivity index (χ4v) is 3.02. The predicted molar refractivity (Wildman–Crippen MR) is 97.5 cm³/mol. The number of piperidine rings is 1. The van der Waals surface area contributed by atoms with Gasteiger partial charge in [-0.1, -0.05) is 12.1 Å². The van der Waals surface area contributed by atoms with Crippen molar-refractivity contribution < 1.29 is 9.18 Å². The van der Waals surface area contributed by atoms with Crippen LogP contribution in [0.1, 0.15) is 30.1 Å². The molecule has 5 nitrogen and oxygen atoms in total. The number of rotatable bonds is 5. The fourth-order valence-electron chi connectivity index (χ4n) is 3.02. The van der Waals surface area contributed by atoms with E-state index in [9.17, 15) is 9.18 Å². The average molecular weight is 342 g/mol. The van der Waals surface area contributed by atoms with Crippen molar-refractivity contribution in [3.63, 3.8) is 0 Å². The van der Waals surface area contributed by atoms with Crippen molar-refractivity contribution in [1.82, 2.24) is 10.3 Å².